The summed E-state index contributed by atoms with van der Waals surface area (Å²) in [4.78, 5) is 30.1. The van der Waals surface area contributed by atoms with Gasteiger partial charge in [-0.05, 0) is 42.0 Å². The zero-order valence-corrected chi connectivity index (χ0v) is 17.7. The van der Waals surface area contributed by atoms with Crippen molar-refractivity contribution in [3.63, 3.8) is 0 Å². The summed E-state index contributed by atoms with van der Waals surface area (Å²) in [5.41, 5.74) is 1.58. The van der Waals surface area contributed by atoms with Gasteiger partial charge in [0.1, 0.15) is 5.75 Å². The Morgan fingerprint density at radius 2 is 1.77 bits per heavy atom. The maximum absolute atomic E-state index is 13.4. The van der Waals surface area contributed by atoms with Gasteiger partial charge >= 0.3 is 0 Å². The van der Waals surface area contributed by atoms with Crippen LogP contribution in [0.1, 0.15) is 21.8 Å². The SMILES string of the molecule is COc1cccc([C@@H]2CN(C(=O)c3ccc(Cl)cc3)C[C@@H]2C(=O)N2CCOCC2)c1. The second-order valence-electron chi connectivity index (χ2n) is 7.64. The Balaban J connectivity index is 1.61. The third-order valence-electron chi connectivity index (χ3n) is 5.86. The van der Waals surface area contributed by atoms with E-state index in [9.17, 15) is 9.59 Å². The first-order chi connectivity index (χ1) is 14.6. The summed E-state index contributed by atoms with van der Waals surface area (Å²) in [5.74, 6) is 0.347. The molecule has 0 saturated carbocycles. The molecule has 158 valence electrons. The van der Waals surface area contributed by atoms with E-state index in [1.807, 2.05) is 29.2 Å². The molecule has 0 bridgehead atoms. The summed E-state index contributed by atoms with van der Waals surface area (Å²) in [7, 11) is 1.63. The zero-order chi connectivity index (χ0) is 21.1. The molecule has 0 unspecified atom stereocenters. The van der Waals surface area contributed by atoms with E-state index < -0.39 is 0 Å². The highest BCUT2D eigenvalue weighted by molar-refractivity contribution is 6.30. The van der Waals surface area contributed by atoms with Gasteiger partial charge in [-0.15, -0.1) is 0 Å². The molecule has 0 N–H and O–H groups in total. The lowest BCUT2D eigenvalue weighted by molar-refractivity contribution is -0.139. The lowest BCUT2D eigenvalue weighted by Gasteiger charge is -2.30. The summed E-state index contributed by atoms with van der Waals surface area (Å²) in [5, 5.41) is 0.586. The normalized spacial score (nSPS) is 21.5. The van der Waals surface area contributed by atoms with Crippen LogP contribution in [0.3, 0.4) is 0 Å². The van der Waals surface area contributed by atoms with Gasteiger partial charge < -0.3 is 19.3 Å². The summed E-state index contributed by atoms with van der Waals surface area (Å²) in [6, 6.07) is 14.6. The Morgan fingerprint density at radius 1 is 1.03 bits per heavy atom. The minimum atomic E-state index is -0.300. The highest BCUT2D eigenvalue weighted by atomic mass is 35.5. The molecule has 2 heterocycles. The van der Waals surface area contributed by atoms with Gasteiger partial charge in [-0.2, -0.15) is 0 Å². The van der Waals surface area contributed by atoms with Crippen molar-refractivity contribution in [1.82, 2.24) is 9.80 Å². The molecule has 6 nitrogen and oxygen atoms in total. The van der Waals surface area contributed by atoms with Crippen LogP contribution >= 0.6 is 11.6 Å². The van der Waals surface area contributed by atoms with Crippen LogP contribution in [0, 0.1) is 5.92 Å². The minimum absolute atomic E-state index is 0.0810. The number of benzene rings is 2. The minimum Gasteiger partial charge on any atom is -0.497 e. The molecule has 2 aliphatic rings. The number of amides is 2. The van der Waals surface area contributed by atoms with E-state index >= 15 is 0 Å². The number of morpholine rings is 1. The van der Waals surface area contributed by atoms with Crippen LogP contribution in [0.5, 0.6) is 5.75 Å². The van der Waals surface area contributed by atoms with Gasteiger partial charge in [0.05, 0.1) is 26.2 Å². The first-order valence-corrected chi connectivity index (χ1v) is 10.5. The van der Waals surface area contributed by atoms with E-state index in [1.54, 1.807) is 36.3 Å². The van der Waals surface area contributed by atoms with Crippen molar-refractivity contribution in [2.75, 3.05) is 46.5 Å². The number of likely N-dealkylation sites (tertiary alicyclic amines) is 1. The van der Waals surface area contributed by atoms with Gasteiger partial charge in [-0.3, -0.25) is 9.59 Å². The second-order valence-corrected chi connectivity index (χ2v) is 8.08. The van der Waals surface area contributed by atoms with Crippen molar-refractivity contribution in [2.45, 2.75) is 5.92 Å². The monoisotopic (exact) mass is 428 g/mol. The molecule has 4 rings (SSSR count). The molecule has 2 saturated heterocycles. The molecule has 2 aliphatic heterocycles. The average Bonchev–Trinajstić information content (AvgIpc) is 3.25. The standard InChI is InChI=1S/C23H25ClN2O4/c1-29-19-4-2-3-17(13-19)20-14-26(22(27)16-5-7-18(24)8-6-16)15-21(20)23(28)25-9-11-30-12-10-25/h2-8,13,20-21H,9-12,14-15H2,1H3/t20-,21-/m0/s1. The van der Waals surface area contributed by atoms with Crippen LogP contribution in [0.2, 0.25) is 5.02 Å². The van der Waals surface area contributed by atoms with Crippen molar-refractivity contribution >= 4 is 23.4 Å². The van der Waals surface area contributed by atoms with Gasteiger partial charge in [-0.25, -0.2) is 0 Å². The Kier molecular flexibility index (Phi) is 6.25. The number of nitrogens with zero attached hydrogens (tertiary/aromatic N) is 2. The number of rotatable bonds is 4. The molecule has 2 aromatic rings. The highest BCUT2D eigenvalue weighted by Gasteiger charge is 2.42. The van der Waals surface area contributed by atoms with Gasteiger partial charge in [0, 0.05) is 42.7 Å². The molecule has 2 atom stereocenters. The molecule has 0 aliphatic carbocycles. The number of halogens is 1. The van der Waals surface area contributed by atoms with Gasteiger partial charge in [-0.1, -0.05) is 23.7 Å². The fraction of sp³-hybridized carbons (Fsp3) is 0.391. The first-order valence-electron chi connectivity index (χ1n) is 10.1. The molecule has 2 amide bonds. The second kappa shape index (κ2) is 9.06. The van der Waals surface area contributed by atoms with E-state index in [2.05, 4.69) is 0 Å². The van der Waals surface area contributed by atoms with E-state index in [0.717, 1.165) is 11.3 Å². The lowest BCUT2D eigenvalue weighted by atomic mass is 9.87. The summed E-state index contributed by atoms with van der Waals surface area (Å²) >= 11 is 5.96. The molecule has 30 heavy (non-hydrogen) atoms. The van der Waals surface area contributed by atoms with E-state index in [-0.39, 0.29) is 23.7 Å². The Bertz CT molecular complexity index is 912. The predicted octanol–water partition coefficient (Wildman–Crippen LogP) is 3.06. The van der Waals surface area contributed by atoms with Crippen LogP contribution in [0.4, 0.5) is 0 Å². The average molecular weight is 429 g/mol. The fourth-order valence-corrected chi connectivity index (χ4v) is 4.35. The van der Waals surface area contributed by atoms with Crippen LogP contribution in [0.15, 0.2) is 48.5 Å². The molecule has 7 heteroatoms. The van der Waals surface area contributed by atoms with Crippen LogP contribution in [-0.2, 0) is 9.53 Å². The molecule has 2 fully saturated rings. The first kappa shape index (κ1) is 20.7. The third kappa shape index (κ3) is 4.30. The molecule has 0 radical (unpaired) electrons. The number of methoxy groups -OCH3 is 1. The van der Waals surface area contributed by atoms with Crippen molar-refractivity contribution in [3.8, 4) is 5.75 Å². The Morgan fingerprint density at radius 3 is 2.47 bits per heavy atom. The van der Waals surface area contributed by atoms with E-state index in [4.69, 9.17) is 21.1 Å². The molecular weight excluding hydrogens is 404 g/mol. The fourth-order valence-electron chi connectivity index (χ4n) is 4.22. The van der Waals surface area contributed by atoms with Gasteiger partial charge in [0.25, 0.3) is 5.91 Å². The molecule has 0 spiro atoms. The van der Waals surface area contributed by atoms with E-state index in [1.165, 1.54) is 0 Å². The smallest absolute Gasteiger partial charge is 0.253 e. The predicted molar refractivity (Wildman–Crippen MR) is 114 cm³/mol. The quantitative estimate of drug-likeness (QED) is 0.751. The Hall–Kier alpha value is -2.57. The summed E-state index contributed by atoms with van der Waals surface area (Å²) < 4.78 is 10.8. The maximum Gasteiger partial charge on any atom is 0.253 e. The topological polar surface area (TPSA) is 59.1 Å². The largest absolute Gasteiger partial charge is 0.497 e. The number of ether oxygens (including phenoxy) is 2. The van der Waals surface area contributed by atoms with Crippen LogP contribution < -0.4 is 4.74 Å². The van der Waals surface area contributed by atoms with Crippen molar-refractivity contribution in [2.24, 2.45) is 5.92 Å². The number of hydrogen-bond acceptors (Lipinski definition) is 4. The third-order valence-corrected chi connectivity index (χ3v) is 6.11. The van der Waals surface area contributed by atoms with E-state index in [0.29, 0.717) is 50.0 Å². The van der Waals surface area contributed by atoms with Crippen molar-refractivity contribution in [1.29, 1.82) is 0 Å². The summed E-state index contributed by atoms with van der Waals surface area (Å²) in [6.07, 6.45) is 0. The summed E-state index contributed by atoms with van der Waals surface area (Å²) in [6.45, 7) is 3.15. The van der Waals surface area contributed by atoms with Crippen LogP contribution in [0.25, 0.3) is 0 Å². The molecule has 2 aromatic carbocycles. The molecular formula is C23H25ClN2O4. The van der Waals surface area contributed by atoms with Crippen molar-refractivity contribution < 1.29 is 19.1 Å². The van der Waals surface area contributed by atoms with Gasteiger partial charge in [0.2, 0.25) is 5.91 Å². The zero-order valence-electron chi connectivity index (χ0n) is 16.9. The highest BCUT2D eigenvalue weighted by Crippen LogP contribution is 2.36. The van der Waals surface area contributed by atoms with Crippen LogP contribution in [-0.4, -0.2) is 68.1 Å². The number of carbonyl (C=O) groups is 2. The number of hydrogen-bond donors (Lipinski definition) is 0. The molecule has 0 aromatic heterocycles. The van der Waals surface area contributed by atoms with Crippen molar-refractivity contribution in [3.05, 3.63) is 64.7 Å². The van der Waals surface area contributed by atoms with Gasteiger partial charge in [0.15, 0.2) is 0 Å². The lowest BCUT2D eigenvalue weighted by Crippen LogP contribution is -2.45. The maximum atomic E-state index is 13.4. The number of carbonyl (C=O) groups excluding carboxylic acids is 2. The Labute approximate surface area is 181 Å².